The number of halogens is 2. The van der Waals surface area contributed by atoms with Crippen molar-refractivity contribution in [3.63, 3.8) is 0 Å². The fourth-order valence-corrected chi connectivity index (χ4v) is 2.33. The van der Waals surface area contributed by atoms with Crippen molar-refractivity contribution in [1.82, 2.24) is 0 Å². The Kier molecular flexibility index (Phi) is 6.28. The molecule has 1 unspecified atom stereocenters. The van der Waals surface area contributed by atoms with Crippen LogP contribution in [0.25, 0.3) is 0 Å². The highest BCUT2D eigenvalue weighted by Crippen LogP contribution is 2.25. The number of amides is 1. The minimum atomic E-state index is -0.779. The Hall–Kier alpha value is -2.24. The zero-order chi connectivity index (χ0) is 18.6. The first-order valence-corrected chi connectivity index (χ1v) is 8.19. The fraction of sp³-hybridized carbons (Fsp3) is 0.222. The zero-order valence-corrected chi connectivity index (χ0v) is 15.4. The van der Waals surface area contributed by atoms with Gasteiger partial charge in [-0.25, -0.2) is 4.79 Å². The fourth-order valence-electron chi connectivity index (χ4n) is 2.05. The summed E-state index contributed by atoms with van der Waals surface area (Å²) in [7, 11) is 1.28. The second-order valence-electron chi connectivity index (χ2n) is 5.35. The lowest BCUT2D eigenvalue weighted by molar-refractivity contribution is -0.122. The second-order valence-corrected chi connectivity index (χ2v) is 6.16. The summed E-state index contributed by atoms with van der Waals surface area (Å²) in [6.07, 6.45) is -0.779. The van der Waals surface area contributed by atoms with Gasteiger partial charge in [0.15, 0.2) is 6.10 Å². The largest absolute Gasteiger partial charge is 0.481 e. The monoisotopic (exact) mass is 381 g/mol. The van der Waals surface area contributed by atoms with E-state index in [1.807, 2.05) is 6.92 Å². The van der Waals surface area contributed by atoms with Crippen molar-refractivity contribution in [2.24, 2.45) is 0 Å². The molecule has 2 aromatic rings. The second kappa shape index (κ2) is 8.23. The summed E-state index contributed by atoms with van der Waals surface area (Å²) in [5.41, 5.74) is 1.43. The molecule has 0 spiro atoms. The van der Waals surface area contributed by atoms with E-state index in [9.17, 15) is 9.59 Å². The van der Waals surface area contributed by atoms with Crippen LogP contribution in [0.3, 0.4) is 0 Å². The van der Waals surface area contributed by atoms with Gasteiger partial charge in [-0.05, 0) is 55.8 Å². The number of carbonyl (C=O) groups is 2. The smallest absolute Gasteiger partial charge is 0.337 e. The van der Waals surface area contributed by atoms with Crippen molar-refractivity contribution in [2.45, 2.75) is 20.0 Å². The van der Waals surface area contributed by atoms with Gasteiger partial charge in [-0.15, -0.1) is 0 Å². The first kappa shape index (κ1) is 19.1. The molecule has 2 aromatic carbocycles. The molecule has 7 heteroatoms. The molecule has 2 rings (SSSR count). The lowest BCUT2D eigenvalue weighted by Gasteiger charge is -2.16. The van der Waals surface area contributed by atoms with E-state index in [1.165, 1.54) is 25.3 Å². The van der Waals surface area contributed by atoms with Crippen LogP contribution in [0.15, 0.2) is 36.4 Å². The molecular weight excluding hydrogens is 365 g/mol. The third-order valence-electron chi connectivity index (χ3n) is 3.46. The van der Waals surface area contributed by atoms with E-state index in [1.54, 1.807) is 25.1 Å². The summed E-state index contributed by atoms with van der Waals surface area (Å²) in [5, 5.41) is 3.57. The molecule has 0 fully saturated rings. The zero-order valence-electron chi connectivity index (χ0n) is 13.9. The Bertz CT molecular complexity index is 808. The lowest BCUT2D eigenvalue weighted by Crippen LogP contribution is -2.30. The molecule has 25 heavy (non-hydrogen) atoms. The number of hydrogen-bond donors (Lipinski definition) is 1. The average Bonchev–Trinajstić information content (AvgIpc) is 2.59. The standard InChI is InChI=1S/C18H17Cl2NO4/c1-10-8-13(5-7-14(10)19)25-11(2)17(22)21-16-9-12(18(23)24-3)4-6-15(16)20/h4-9,11H,1-3H3,(H,21,22). The quantitative estimate of drug-likeness (QED) is 0.774. The number of ether oxygens (including phenoxy) is 2. The van der Waals surface area contributed by atoms with Crippen LogP contribution in [-0.2, 0) is 9.53 Å². The summed E-state index contributed by atoms with van der Waals surface area (Å²) < 4.78 is 10.3. The van der Waals surface area contributed by atoms with Gasteiger partial charge in [-0.1, -0.05) is 23.2 Å². The molecule has 0 aliphatic carbocycles. The summed E-state index contributed by atoms with van der Waals surface area (Å²) in [5.74, 6) is -0.399. The van der Waals surface area contributed by atoms with Gasteiger partial charge in [0.1, 0.15) is 5.75 Å². The molecule has 0 radical (unpaired) electrons. The average molecular weight is 382 g/mol. The van der Waals surface area contributed by atoms with Gasteiger partial charge in [0.05, 0.1) is 23.4 Å². The molecule has 132 valence electrons. The number of nitrogens with one attached hydrogen (secondary N) is 1. The minimum absolute atomic E-state index is 0.282. The summed E-state index contributed by atoms with van der Waals surface area (Å²) >= 11 is 12.0. The van der Waals surface area contributed by atoms with Gasteiger partial charge in [-0.3, -0.25) is 4.79 Å². The molecule has 0 aliphatic rings. The van der Waals surface area contributed by atoms with Gasteiger partial charge in [-0.2, -0.15) is 0 Å². The van der Waals surface area contributed by atoms with Gasteiger partial charge < -0.3 is 14.8 Å². The van der Waals surface area contributed by atoms with Crippen LogP contribution < -0.4 is 10.1 Å². The van der Waals surface area contributed by atoms with Crippen LogP contribution >= 0.6 is 23.2 Å². The molecule has 0 heterocycles. The number of benzene rings is 2. The maximum absolute atomic E-state index is 12.3. The Morgan fingerprint density at radius 1 is 1.08 bits per heavy atom. The van der Waals surface area contributed by atoms with E-state index in [2.05, 4.69) is 10.1 Å². The van der Waals surface area contributed by atoms with E-state index in [0.717, 1.165) is 5.56 Å². The van der Waals surface area contributed by atoms with Gasteiger partial charge >= 0.3 is 5.97 Å². The van der Waals surface area contributed by atoms with Crippen molar-refractivity contribution in [3.05, 3.63) is 57.6 Å². The van der Waals surface area contributed by atoms with Crippen molar-refractivity contribution in [3.8, 4) is 5.75 Å². The predicted molar refractivity (Wildman–Crippen MR) is 97.7 cm³/mol. The predicted octanol–water partition coefficient (Wildman–Crippen LogP) is 4.49. The number of methoxy groups -OCH3 is 1. The lowest BCUT2D eigenvalue weighted by atomic mass is 10.2. The van der Waals surface area contributed by atoms with Crippen LogP contribution in [0.5, 0.6) is 5.75 Å². The Labute approximate surface area is 155 Å². The Morgan fingerprint density at radius 3 is 2.40 bits per heavy atom. The van der Waals surface area contributed by atoms with Gasteiger partial charge in [0.25, 0.3) is 5.91 Å². The number of carbonyl (C=O) groups excluding carboxylic acids is 2. The molecular formula is C18H17Cl2NO4. The number of esters is 1. The van der Waals surface area contributed by atoms with E-state index in [4.69, 9.17) is 27.9 Å². The van der Waals surface area contributed by atoms with Crippen molar-refractivity contribution in [2.75, 3.05) is 12.4 Å². The number of rotatable bonds is 5. The first-order chi connectivity index (χ1) is 11.8. The third kappa shape index (κ3) is 4.87. The van der Waals surface area contributed by atoms with Crippen molar-refractivity contribution >= 4 is 40.8 Å². The number of aryl methyl sites for hydroxylation is 1. The molecule has 0 bridgehead atoms. The van der Waals surface area contributed by atoms with E-state index < -0.39 is 18.0 Å². The van der Waals surface area contributed by atoms with Gasteiger partial charge in [0, 0.05) is 5.02 Å². The molecule has 0 aliphatic heterocycles. The molecule has 5 nitrogen and oxygen atoms in total. The maximum Gasteiger partial charge on any atom is 0.337 e. The van der Waals surface area contributed by atoms with E-state index >= 15 is 0 Å². The van der Waals surface area contributed by atoms with E-state index in [0.29, 0.717) is 21.5 Å². The summed E-state index contributed by atoms with van der Waals surface area (Å²) in [6.45, 7) is 3.45. The topological polar surface area (TPSA) is 64.6 Å². The van der Waals surface area contributed by atoms with Crippen LogP contribution in [0, 0.1) is 6.92 Å². The van der Waals surface area contributed by atoms with E-state index in [-0.39, 0.29) is 5.56 Å². The third-order valence-corrected chi connectivity index (χ3v) is 4.21. The van der Waals surface area contributed by atoms with Crippen LogP contribution in [0.1, 0.15) is 22.8 Å². The highest BCUT2D eigenvalue weighted by molar-refractivity contribution is 6.34. The van der Waals surface area contributed by atoms with Gasteiger partial charge in [0.2, 0.25) is 0 Å². The normalized spacial score (nSPS) is 11.6. The highest BCUT2D eigenvalue weighted by atomic mass is 35.5. The van der Waals surface area contributed by atoms with Crippen LogP contribution in [0.4, 0.5) is 5.69 Å². The van der Waals surface area contributed by atoms with Crippen molar-refractivity contribution < 1.29 is 19.1 Å². The molecule has 0 saturated heterocycles. The Morgan fingerprint density at radius 2 is 1.76 bits per heavy atom. The molecule has 1 amide bonds. The number of hydrogen-bond acceptors (Lipinski definition) is 4. The molecule has 1 atom stereocenters. The first-order valence-electron chi connectivity index (χ1n) is 7.43. The summed E-state index contributed by atoms with van der Waals surface area (Å²) in [4.78, 5) is 23.9. The van der Waals surface area contributed by atoms with Crippen LogP contribution in [-0.4, -0.2) is 25.1 Å². The minimum Gasteiger partial charge on any atom is -0.481 e. The summed E-state index contributed by atoms with van der Waals surface area (Å²) in [6, 6.07) is 9.61. The maximum atomic E-state index is 12.3. The number of anilines is 1. The molecule has 0 saturated carbocycles. The molecule has 1 N–H and O–H groups in total. The molecule has 0 aromatic heterocycles. The Balaban J connectivity index is 2.10. The highest BCUT2D eigenvalue weighted by Gasteiger charge is 2.18. The SMILES string of the molecule is COC(=O)c1ccc(Cl)c(NC(=O)C(C)Oc2ccc(Cl)c(C)c2)c1. The van der Waals surface area contributed by atoms with Crippen LogP contribution in [0.2, 0.25) is 10.0 Å². The van der Waals surface area contributed by atoms with Crippen molar-refractivity contribution in [1.29, 1.82) is 0 Å².